The lowest BCUT2D eigenvalue weighted by molar-refractivity contribution is -0.422. The Morgan fingerprint density at radius 2 is 1.48 bits per heavy atom. The number of rotatable bonds is 5. The number of hydrogen-bond donors (Lipinski definition) is 0. The van der Waals surface area contributed by atoms with Crippen LogP contribution in [0.4, 0.5) is 11.4 Å². The van der Waals surface area contributed by atoms with E-state index in [4.69, 9.17) is 11.6 Å². The summed E-state index contributed by atoms with van der Waals surface area (Å²) < 4.78 is 0. The van der Waals surface area contributed by atoms with Gasteiger partial charge in [0.25, 0.3) is 0 Å². The van der Waals surface area contributed by atoms with Crippen LogP contribution < -0.4 is 0 Å². The molecule has 0 aromatic heterocycles. The Labute approximate surface area is 158 Å². The molecule has 3 rings (SSSR count). The Balaban J connectivity index is 2.18. The predicted molar refractivity (Wildman–Crippen MR) is 100 cm³/mol. The fourth-order valence-electron chi connectivity index (χ4n) is 2.69. The molecule has 3 aromatic carbocycles. The quantitative estimate of drug-likeness (QED) is 0.348. The van der Waals surface area contributed by atoms with Crippen molar-refractivity contribution in [3.8, 4) is 11.1 Å². The number of halogens is 1. The Bertz CT molecular complexity index is 1070. The van der Waals surface area contributed by atoms with Gasteiger partial charge in [-0.3, -0.25) is 25.0 Å². The summed E-state index contributed by atoms with van der Waals surface area (Å²) >= 11 is 6.03. The van der Waals surface area contributed by atoms with E-state index in [2.05, 4.69) is 0 Å². The van der Waals surface area contributed by atoms with Crippen LogP contribution >= 0.6 is 11.6 Å². The zero-order valence-electron chi connectivity index (χ0n) is 13.7. The molecule has 0 N–H and O–H groups in total. The molecule has 0 amide bonds. The molecule has 3 aromatic rings. The van der Waals surface area contributed by atoms with Crippen LogP contribution in [0, 0.1) is 20.2 Å². The lowest BCUT2D eigenvalue weighted by Crippen LogP contribution is -2.04. The van der Waals surface area contributed by atoms with Crippen molar-refractivity contribution in [2.24, 2.45) is 0 Å². The van der Waals surface area contributed by atoms with Gasteiger partial charge in [0.05, 0.1) is 9.85 Å². The fourth-order valence-corrected chi connectivity index (χ4v) is 2.86. The summed E-state index contributed by atoms with van der Waals surface area (Å²) in [6.07, 6.45) is 0. The first kappa shape index (κ1) is 18.2. The first-order valence-electron chi connectivity index (χ1n) is 7.71. The van der Waals surface area contributed by atoms with Crippen molar-refractivity contribution in [1.82, 2.24) is 0 Å². The highest BCUT2D eigenvalue weighted by atomic mass is 35.5. The van der Waals surface area contributed by atoms with Gasteiger partial charge in [0, 0.05) is 28.3 Å². The zero-order valence-corrected chi connectivity index (χ0v) is 14.4. The van der Waals surface area contributed by atoms with Crippen LogP contribution in [0.3, 0.4) is 0 Å². The van der Waals surface area contributed by atoms with Gasteiger partial charge in [-0.1, -0.05) is 48.0 Å². The third kappa shape index (κ3) is 3.68. The number of benzene rings is 3. The van der Waals surface area contributed by atoms with Crippen LogP contribution in [-0.2, 0) is 0 Å². The highest BCUT2D eigenvalue weighted by Gasteiger charge is 2.25. The molecule has 8 heteroatoms. The molecule has 0 heterocycles. The first-order chi connectivity index (χ1) is 12.9. The summed E-state index contributed by atoms with van der Waals surface area (Å²) in [6, 6.07) is 16.6. The third-order valence-corrected chi connectivity index (χ3v) is 4.18. The molecule has 0 unspecified atom stereocenters. The molecule has 7 nitrogen and oxygen atoms in total. The Morgan fingerprint density at radius 1 is 0.815 bits per heavy atom. The first-order valence-corrected chi connectivity index (χ1v) is 8.09. The number of nitro groups is 2. The second-order valence-electron chi connectivity index (χ2n) is 5.60. The molecule has 0 spiro atoms. The molecule has 0 radical (unpaired) electrons. The lowest BCUT2D eigenvalue weighted by Gasteiger charge is -2.10. The average Bonchev–Trinajstić information content (AvgIpc) is 2.67. The normalized spacial score (nSPS) is 10.4. The van der Waals surface area contributed by atoms with Crippen LogP contribution in [0.25, 0.3) is 11.1 Å². The minimum Gasteiger partial charge on any atom is -0.289 e. The number of carbonyl (C=O) groups excluding carboxylic acids is 1. The number of nitrogens with zero attached hydrogens (tertiary/aromatic N) is 2. The summed E-state index contributed by atoms with van der Waals surface area (Å²) in [7, 11) is 0. The van der Waals surface area contributed by atoms with Crippen molar-refractivity contribution < 1.29 is 14.6 Å². The maximum absolute atomic E-state index is 12.9. The Morgan fingerprint density at radius 3 is 2.11 bits per heavy atom. The topological polar surface area (TPSA) is 103 Å². The second-order valence-corrected chi connectivity index (χ2v) is 6.04. The molecule has 0 saturated carbocycles. The van der Waals surface area contributed by atoms with Gasteiger partial charge in [0.1, 0.15) is 0 Å². The van der Waals surface area contributed by atoms with Crippen molar-refractivity contribution in [1.29, 1.82) is 0 Å². The highest BCUT2D eigenvalue weighted by molar-refractivity contribution is 6.31. The van der Waals surface area contributed by atoms with Gasteiger partial charge in [-0.15, -0.1) is 0 Å². The molecule has 0 atom stereocenters. The molecule has 0 aliphatic rings. The van der Waals surface area contributed by atoms with Crippen molar-refractivity contribution in [2.45, 2.75) is 0 Å². The van der Waals surface area contributed by atoms with E-state index in [1.54, 1.807) is 42.5 Å². The molecular formula is C19H11ClN2O5. The Kier molecular flexibility index (Phi) is 4.96. The smallest absolute Gasteiger partial charge is 0.289 e. The highest BCUT2D eigenvalue weighted by Crippen LogP contribution is 2.35. The van der Waals surface area contributed by atoms with Crippen molar-refractivity contribution in [3.05, 3.63) is 103 Å². The fraction of sp³-hybridized carbons (Fsp3) is 0. The number of ketones is 1. The summed E-state index contributed by atoms with van der Waals surface area (Å²) in [4.78, 5) is 33.5. The molecule has 0 fully saturated rings. The molecule has 0 aliphatic heterocycles. The van der Waals surface area contributed by atoms with E-state index >= 15 is 0 Å². The van der Waals surface area contributed by atoms with E-state index in [9.17, 15) is 25.0 Å². The van der Waals surface area contributed by atoms with Gasteiger partial charge in [0.15, 0.2) is 5.78 Å². The number of nitro benzene ring substituents is 2. The minimum atomic E-state index is -0.823. The lowest BCUT2D eigenvalue weighted by atomic mass is 9.93. The third-order valence-electron chi connectivity index (χ3n) is 3.94. The van der Waals surface area contributed by atoms with E-state index in [1.165, 1.54) is 12.1 Å². The summed E-state index contributed by atoms with van der Waals surface area (Å²) in [5, 5.41) is 22.6. The predicted octanol–water partition coefficient (Wildman–Crippen LogP) is 5.05. The average molecular weight is 383 g/mol. The van der Waals surface area contributed by atoms with Gasteiger partial charge >= 0.3 is 11.4 Å². The maximum Gasteiger partial charge on any atom is 0.346 e. The molecule has 0 bridgehead atoms. The SMILES string of the molecule is O=C(c1ccccc1)c1cc(Cl)ccc1-c1ccc([N+](=O)[O-])c([N+](=O)[O-])c1. The minimum absolute atomic E-state index is 0.247. The largest absolute Gasteiger partial charge is 0.346 e. The van der Waals surface area contributed by atoms with Gasteiger partial charge in [-0.05, 0) is 29.3 Å². The molecular weight excluding hydrogens is 372 g/mol. The van der Waals surface area contributed by atoms with Gasteiger partial charge in [-0.25, -0.2) is 0 Å². The maximum atomic E-state index is 12.9. The van der Waals surface area contributed by atoms with Crippen LogP contribution in [0.15, 0.2) is 66.7 Å². The molecule has 0 aliphatic carbocycles. The van der Waals surface area contributed by atoms with Crippen LogP contribution in [0.5, 0.6) is 0 Å². The van der Waals surface area contributed by atoms with Gasteiger partial charge < -0.3 is 0 Å². The molecule has 0 saturated heterocycles. The van der Waals surface area contributed by atoms with Gasteiger partial charge in [-0.2, -0.15) is 0 Å². The molecule has 27 heavy (non-hydrogen) atoms. The van der Waals surface area contributed by atoms with E-state index in [-0.39, 0.29) is 11.3 Å². The number of hydrogen-bond acceptors (Lipinski definition) is 5. The zero-order chi connectivity index (χ0) is 19.6. The molecule has 134 valence electrons. The summed E-state index contributed by atoms with van der Waals surface area (Å²) in [6.45, 7) is 0. The van der Waals surface area contributed by atoms with Crippen molar-refractivity contribution in [3.63, 3.8) is 0 Å². The summed E-state index contributed by atoms with van der Waals surface area (Å²) in [5.74, 6) is -0.311. The van der Waals surface area contributed by atoms with E-state index in [0.717, 1.165) is 12.1 Å². The number of carbonyl (C=O) groups is 1. The van der Waals surface area contributed by atoms with E-state index in [1.807, 2.05) is 0 Å². The van der Waals surface area contributed by atoms with Crippen LogP contribution in [-0.4, -0.2) is 15.6 Å². The Hall–Kier alpha value is -3.58. The van der Waals surface area contributed by atoms with Crippen LogP contribution in [0.1, 0.15) is 15.9 Å². The van der Waals surface area contributed by atoms with Crippen LogP contribution in [0.2, 0.25) is 5.02 Å². The van der Waals surface area contributed by atoms with E-state index < -0.39 is 21.2 Å². The van der Waals surface area contributed by atoms with Gasteiger partial charge in [0.2, 0.25) is 0 Å². The van der Waals surface area contributed by atoms with Crippen molar-refractivity contribution in [2.75, 3.05) is 0 Å². The monoisotopic (exact) mass is 382 g/mol. The standard InChI is InChI=1S/C19H11ClN2O5/c20-14-7-8-15(16(11-14)19(23)12-4-2-1-3-5-12)13-6-9-17(21(24)25)18(10-13)22(26)27/h1-11H. The summed E-state index contributed by atoms with van der Waals surface area (Å²) in [5.41, 5.74) is 0.114. The van der Waals surface area contributed by atoms with Crippen molar-refractivity contribution >= 4 is 28.8 Å². The van der Waals surface area contributed by atoms with E-state index in [0.29, 0.717) is 21.7 Å². The second kappa shape index (κ2) is 7.35.